The molecule has 1 aliphatic rings. The van der Waals surface area contributed by atoms with E-state index in [1.54, 1.807) is 4.90 Å². The van der Waals surface area contributed by atoms with E-state index in [0.29, 0.717) is 38.2 Å². The number of hydrogen-bond donors (Lipinski definition) is 2. The van der Waals surface area contributed by atoms with E-state index in [0.717, 1.165) is 22.2 Å². The Morgan fingerprint density at radius 2 is 1.88 bits per heavy atom. The van der Waals surface area contributed by atoms with Gasteiger partial charge in [-0.2, -0.15) is 0 Å². The zero-order valence-corrected chi connectivity index (χ0v) is 14.5. The van der Waals surface area contributed by atoms with Crippen molar-refractivity contribution in [1.82, 2.24) is 9.88 Å². The van der Waals surface area contributed by atoms with Crippen molar-refractivity contribution in [3.05, 3.63) is 65.9 Å². The molecule has 0 radical (unpaired) electrons. The van der Waals surface area contributed by atoms with Crippen molar-refractivity contribution in [2.75, 3.05) is 13.1 Å². The number of hydrogen-bond acceptors (Lipinski definition) is 3. The summed E-state index contributed by atoms with van der Waals surface area (Å²) in [5.41, 5.74) is 2.58. The summed E-state index contributed by atoms with van der Waals surface area (Å²) in [4.78, 5) is 17.7. The number of carbonyl (C=O) groups excluding carboxylic acids is 1. The molecule has 0 spiro atoms. The first-order valence-electron chi connectivity index (χ1n) is 8.96. The Kier molecular flexibility index (Phi) is 4.63. The predicted octanol–water partition coefficient (Wildman–Crippen LogP) is 3.34. The third-order valence-corrected chi connectivity index (χ3v) is 4.82. The van der Waals surface area contributed by atoms with Gasteiger partial charge in [0, 0.05) is 30.1 Å². The molecule has 1 aliphatic heterocycles. The van der Waals surface area contributed by atoms with Gasteiger partial charge >= 0.3 is 0 Å². The maximum Gasteiger partial charge on any atom is 0.270 e. The van der Waals surface area contributed by atoms with Crippen LogP contribution in [0.2, 0.25) is 0 Å². The number of benzene rings is 2. The minimum Gasteiger partial charge on any atom is -0.489 e. The van der Waals surface area contributed by atoms with E-state index in [1.165, 1.54) is 0 Å². The second kappa shape index (κ2) is 7.22. The molecule has 1 amide bonds. The molecule has 1 saturated heterocycles. The summed E-state index contributed by atoms with van der Waals surface area (Å²) in [6, 6.07) is 17.7. The minimum absolute atomic E-state index is 0.0140. The average molecular weight is 350 g/mol. The van der Waals surface area contributed by atoms with Crippen molar-refractivity contribution in [3.8, 4) is 5.75 Å². The SMILES string of the molecule is O=C(c1cc2ccc(OCc3ccccc3)cc2[nH]1)N1CCC(O)CC1. The quantitative estimate of drug-likeness (QED) is 0.758. The highest BCUT2D eigenvalue weighted by molar-refractivity contribution is 5.98. The predicted molar refractivity (Wildman–Crippen MR) is 100 cm³/mol. The number of aromatic nitrogens is 1. The highest BCUT2D eigenvalue weighted by Crippen LogP contribution is 2.23. The maximum atomic E-state index is 12.7. The van der Waals surface area contributed by atoms with Crippen LogP contribution in [0.15, 0.2) is 54.6 Å². The molecule has 0 aliphatic carbocycles. The molecule has 3 aromatic rings. The van der Waals surface area contributed by atoms with E-state index in [4.69, 9.17) is 4.74 Å². The largest absolute Gasteiger partial charge is 0.489 e. The number of rotatable bonds is 4. The third kappa shape index (κ3) is 3.58. The van der Waals surface area contributed by atoms with Gasteiger partial charge in [-0.3, -0.25) is 4.79 Å². The lowest BCUT2D eigenvalue weighted by atomic mass is 10.1. The number of piperidine rings is 1. The van der Waals surface area contributed by atoms with Crippen LogP contribution in [0.25, 0.3) is 10.9 Å². The van der Waals surface area contributed by atoms with E-state index in [1.807, 2.05) is 54.6 Å². The molecule has 5 nitrogen and oxygen atoms in total. The summed E-state index contributed by atoms with van der Waals surface area (Å²) < 4.78 is 5.85. The summed E-state index contributed by atoms with van der Waals surface area (Å²) in [5, 5.41) is 10.6. The first-order valence-corrected chi connectivity index (χ1v) is 8.96. The zero-order valence-electron chi connectivity index (χ0n) is 14.5. The topological polar surface area (TPSA) is 65.6 Å². The van der Waals surface area contributed by atoms with Gasteiger partial charge in [0.15, 0.2) is 0 Å². The average Bonchev–Trinajstić information content (AvgIpc) is 3.10. The number of aliphatic hydroxyl groups excluding tert-OH is 1. The fraction of sp³-hybridized carbons (Fsp3) is 0.286. The smallest absolute Gasteiger partial charge is 0.270 e. The minimum atomic E-state index is -0.286. The summed E-state index contributed by atoms with van der Waals surface area (Å²) >= 11 is 0. The van der Waals surface area contributed by atoms with E-state index in [2.05, 4.69) is 4.98 Å². The van der Waals surface area contributed by atoms with Crippen LogP contribution in [0.4, 0.5) is 0 Å². The number of likely N-dealkylation sites (tertiary alicyclic amines) is 1. The van der Waals surface area contributed by atoms with Gasteiger partial charge in [-0.15, -0.1) is 0 Å². The van der Waals surface area contributed by atoms with Crippen LogP contribution in [0.3, 0.4) is 0 Å². The lowest BCUT2D eigenvalue weighted by Crippen LogP contribution is -2.40. The summed E-state index contributed by atoms with van der Waals surface area (Å²) in [6.45, 7) is 1.70. The third-order valence-electron chi connectivity index (χ3n) is 4.82. The standard InChI is InChI=1S/C21H22N2O3/c24-17-8-10-23(11-9-17)21(25)20-12-16-6-7-18(13-19(16)22-20)26-14-15-4-2-1-3-5-15/h1-7,12-13,17,22,24H,8-11,14H2. The molecule has 0 atom stereocenters. The monoisotopic (exact) mass is 350 g/mol. The second-order valence-electron chi connectivity index (χ2n) is 6.73. The molecule has 134 valence electrons. The Balaban J connectivity index is 1.48. The molecular weight excluding hydrogens is 328 g/mol. The molecule has 4 rings (SSSR count). The van der Waals surface area contributed by atoms with Crippen LogP contribution in [0.5, 0.6) is 5.75 Å². The van der Waals surface area contributed by atoms with Gasteiger partial charge in [0.05, 0.1) is 6.10 Å². The van der Waals surface area contributed by atoms with E-state index < -0.39 is 0 Å². The normalized spacial score (nSPS) is 15.3. The Morgan fingerprint density at radius 1 is 1.12 bits per heavy atom. The highest BCUT2D eigenvalue weighted by atomic mass is 16.5. The summed E-state index contributed by atoms with van der Waals surface area (Å²) in [5.74, 6) is 0.753. The number of H-pyrrole nitrogens is 1. The number of carbonyl (C=O) groups is 1. The fourth-order valence-electron chi connectivity index (χ4n) is 3.29. The fourth-order valence-corrected chi connectivity index (χ4v) is 3.29. The number of aromatic amines is 1. The van der Waals surface area contributed by atoms with Crippen LogP contribution in [0, 0.1) is 0 Å². The van der Waals surface area contributed by atoms with Crippen molar-refractivity contribution in [2.24, 2.45) is 0 Å². The lowest BCUT2D eigenvalue weighted by Gasteiger charge is -2.29. The number of nitrogens with one attached hydrogen (secondary N) is 1. The molecule has 0 unspecified atom stereocenters. The Labute approximate surface area is 152 Å². The molecule has 2 heterocycles. The number of fused-ring (bicyclic) bond motifs is 1. The van der Waals surface area contributed by atoms with Crippen molar-refractivity contribution in [2.45, 2.75) is 25.6 Å². The van der Waals surface area contributed by atoms with Gasteiger partial charge in [0.2, 0.25) is 0 Å². The first kappa shape index (κ1) is 16.7. The van der Waals surface area contributed by atoms with Gasteiger partial charge in [-0.05, 0) is 36.6 Å². The lowest BCUT2D eigenvalue weighted by molar-refractivity contribution is 0.0542. The molecule has 5 heteroatoms. The molecule has 2 N–H and O–H groups in total. The van der Waals surface area contributed by atoms with Gasteiger partial charge in [-0.1, -0.05) is 30.3 Å². The van der Waals surface area contributed by atoms with E-state index in [-0.39, 0.29) is 12.0 Å². The molecule has 0 bridgehead atoms. The highest BCUT2D eigenvalue weighted by Gasteiger charge is 2.23. The summed E-state index contributed by atoms with van der Waals surface area (Å²) in [6.07, 6.45) is 0.999. The molecule has 1 fully saturated rings. The molecule has 0 saturated carbocycles. The number of amides is 1. The molecule has 2 aromatic carbocycles. The van der Waals surface area contributed by atoms with Crippen molar-refractivity contribution in [1.29, 1.82) is 0 Å². The first-order chi connectivity index (χ1) is 12.7. The van der Waals surface area contributed by atoms with Gasteiger partial charge in [-0.25, -0.2) is 0 Å². The van der Waals surface area contributed by atoms with Crippen LogP contribution >= 0.6 is 0 Å². The Hall–Kier alpha value is -2.79. The molecule has 26 heavy (non-hydrogen) atoms. The van der Waals surface area contributed by atoms with Crippen LogP contribution in [-0.2, 0) is 6.61 Å². The van der Waals surface area contributed by atoms with Gasteiger partial charge < -0.3 is 19.7 Å². The van der Waals surface area contributed by atoms with Crippen LogP contribution in [-0.4, -0.2) is 40.1 Å². The van der Waals surface area contributed by atoms with Gasteiger partial charge in [0.1, 0.15) is 18.1 Å². The van der Waals surface area contributed by atoms with E-state index in [9.17, 15) is 9.90 Å². The van der Waals surface area contributed by atoms with Gasteiger partial charge in [0.25, 0.3) is 5.91 Å². The number of nitrogens with zero attached hydrogens (tertiary/aromatic N) is 1. The van der Waals surface area contributed by atoms with Crippen molar-refractivity contribution >= 4 is 16.8 Å². The number of ether oxygens (including phenoxy) is 1. The zero-order chi connectivity index (χ0) is 17.9. The molecular formula is C21H22N2O3. The Bertz CT molecular complexity index is 896. The molecule has 1 aromatic heterocycles. The van der Waals surface area contributed by atoms with Crippen LogP contribution in [0.1, 0.15) is 28.9 Å². The second-order valence-corrected chi connectivity index (χ2v) is 6.73. The van der Waals surface area contributed by atoms with Crippen LogP contribution < -0.4 is 4.74 Å². The van der Waals surface area contributed by atoms with Crippen molar-refractivity contribution < 1.29 is 14.6 Å². The van der Waals surface area contributed by atoms with Crippen molar-refractivity contribution in [3.63, 3.8) is 0 Å². The maximum absolute atomic E-state index is 12.7. The van der Waals surface area contributed by atoms with E-state index >= 15 is 0 Å². The Morgan fingerprint density at radius 3 is 2.65 bits per heavy atom. The summed E-state index contributed by atoms with van der Waals surface area (Å²) in [7, 11) is 0. The number of aliphatic hydroxyl groups is 1.